The van der Waals surface area contributed by atoms with Crippen molar-refractivity contribution < 1.29 is 18.7 Å². The van der Waals surface area contributed by atoms with Gasteiger partial charge in [0.1, 0.15) is 5.75 Å². The lowest BCUT2D eigenvalue weighted by molar-refractivity contribution is -0.142. The first kappa shape index (κ1) is 28.7. The van der Waals surface area contributed by atoms with Crippen LogP contribution in [0.25, 0.3) is 17.3 Å². The van der Waals surface area contributed by atoms with Crippen LogP contribution in [-0.2, 0) is 9.59 Å². The minimum Gasteiger partial charge on any atom is -0.497 e. The van der Waals surface area contributed by atoms with Gasteiger partial charge in [0.05, 0.1) is 24.8 Å². The van der Waals surface area contributed by atoms with Gasteiger partial charge in [-0.05, 0) is 61.1 Å². The number of ether oxygens (including phenoxy) is 1. The zero-order chi connectivity index (χ0) is 28.2. The van der Waals surface area contributed by atoms with Gasteiger partial charge < -0.3 is 19.0 Å². The van der Waals surface area contributed by atoms with Crippen molar-refractivity contribution in [2.24, 2.45) is 11.3 Å². The second kappa shape index (κ2) is 12.3. The molecule has 1 saturated heterocycles. The Morgan fingerprint density at radius 3 is 2.49 bits per heavy atom. The molecule has 9 nitrogen and oxygen atoms in total. The first-order valence-corrected chi connectivity index (χ1v) is 14.4. The molecule has 39 heavy (non-hydrogen) atoms. The largest absolute Gasteiger partial charge is 0.497 e. The van der Waals surface area contributed by atoms with Crippen molar-refractivity contribution in [1.29, 1.82) is 0 Å². The smallest absolute Gasteiger partial charge is 0.233 e. The number of carbonyl (C=O) groups is 2. The molecule has 0 radical (unpaired) electrons. The van der Waals surface area contributed by atoms with E-state index in [1.165, 1.54) is 11.8 Å². The van der Waals surface area contributed by atoms with E-state index in [0.29, 0.717) is 48.7 Å². The maximum absolute atomic E-state index is 13.2. The summed E-state index contributed by atoms with van der Waals surface area (Å²) < 4.78 is 12.8. The molecule has 2 aromatic heterocycles. The summed E-state index contributed by atoms with van der Waals surface area (Å²) >= 11 is 1.34. The molecule has 210 valence electrons. The normalized spacial score (nSPS) is 16.8. The van der Waals surface area contributed by atoms with Crippen LogP contribution >= 0.6 is 11.8 Å². The maximum atomic E-state index is 13.2. The number of nitrogens with zero attached hydrogens (tertiary/aromatic N) is 5. The highest BCUT2D eigenvalue weighted by Gasteiger charge is 2.31. The fourth-order valence-corrected chi connectivity index (χ4v) is 6.05. The predicted molar refractivity (Wildman–Crippen MR) is 152 cm³/mol. The number of furan rings is 1. The molecule has 1 aliphatic rings. The van der Waals surface area contributed by atoms with E-state index >= 15 is 0 Å². The molecule has 3 heterocycles. The summed E-state index contributed by atoms with van der Waals surface area (Å²) in [6, 6.07) is 11.2. The van der Waals surface area contributed by atoms with Crippen LogP contribution < -0.4 is 4.74 Å². The molecular formula is C29H39N5O4S. The van der Waals surface area contributed by atoms with E-state index in [0.717, 1.165) is 17.9 Å². The van der Waals surface area contributed by atoms with Crippen LogP contribution in [0, 0.1) is 11.3 Å². The van der Waals surface area contributed by atoms with Crippen LogP contribution in [0.15, 0.2) is 52.2 Å². The molecule has 2 atom stereocenters. The Kier molecular flexibility index (Phi) is 9.04. The Bertz CT molecular complexity index is 1250. The maximum Gasteiger partial charge on any atom is 0.233 e. The molecule has 2 amide bonds. The molecule has 1 aliphatic heterocycles. The Hall–Kier alpha value is -3.27. The molecule has 0 N–H and O–H groups in total. The quantitative estimate of drug-likeness (QED) is 0.338. The van der Waals surface area contributed by atoms with Crippen LogP contribution in [0.2, 0.25) is 0 Å². The van der Waals surface area contributed by atoms with E-state index in [1.54, 1.807) is 19.4 Å². The Morgan fingerprint density at radius 2 is 1.87 bits per heavy atom. The van der Waals surface area contributed by atoms with Crippen molar-refractivity contribution in [2.45, 2.75) is 58.7 Å². The van der Waals surface area contributed by atoms with Crippen molar-refractivity contribution in [3.63, 3.8) is 0 Å². The van der Waals surface area contributed by atoms with Crippen molar-refractivity contribution in [2.75, 3.05) is 32.5 Å². The number of aromatic nitrogens is 3. The number of benzene rings is 1. The zero-order valence-electron chi connectivity index (χ0n) is 23.7. The van der Waals surface area contributed by atoms with Crippen LogP contribution in [0.4, 0.5) is 0 Å². The Labute approximate surface area is 234 Å². The molecular weight excluding hydrogens is 514 g/mol. The zero-order valence-corrected chi connectivity index (χ0v) is 24.5. The molecule has 2 unspecified atom stereocenters. The van der Waals surface area contributed by atoms with Gasteiger partial charge in [-0.15, -0.1) is 10.2 Å². The minimum atomic E-state index is -0.0180. The fourth-order valence-electron chi connectivity index (χ4n) is 5.20. The summed E-state index contributed by atoms with van der Waals surface area (Å²) in [7, 11) is 1.62. The number of hydrogen-bond donors (Lipinski definition) is 0. The van der Waals surface area contributed by atoms with Gasteiger partial charge in [0.2, 0.25) is 17.6 Å². The second-order valence-corrected chi connectivity index (χ2v) is 12.4. The Morgan fingerprint density at radius 1 is 1.13 bits per heavy atom. The summed E-state index contributed by atoms with van der Waals surface area (Å²) in [5.74, 6) is 2.63. The van der Waals surface area contributed by atoms with Crippen LogP contribution in [0.5, 0.6) is 5.75 Å². The van der Waals surface area contributed by atoms with E-state index in [4.69, 9.17) is 9.15 Å². The third-order valence-corrected chi connectivity index (χ3v) is 7.73. The van der Waals surface area contributed by atoms with E-state index in [1.807, 2.05) is 51.6 Å². The van der Waals surface area contributed by atoms with Crippen LogP contribution in [-0.4, -0.2) is 74.9 Å². The minimum absolute atomic E-state index is 0.0175. The lowest BCUT2D eigenvalue weighted by Gasteiger charge is -2.40. The van der Waals surface area contributed by atoms with Crippen molar-refractivity contribution >= 4 is 23.6 Å². The number of rotatable bonds is 9. The highest BCUT2D eigenvalue weighted by Crippen LogP contribution is 2.30. The average Bonchev–Trinajstić information content (AvgIpc) is 3.56. The lowest BCUT2D eigenvalue weighted by Crippen LogP contribution is -2.56. The van der Waals surface area contributed by atoms with Crippen LogP contribution in [0.3, 0.4) is 0 Å². The topological polar surface area (TPSA) is 93.7 Å². The fraction of sp³-hybridized carbons (Fsp3) is 0.517. The molecule has 10 heteroatoms. The third kappa shape index (κ3) is 7.23. The van der Waals surface area contributed by atoms with E-state index < -0.39 is 0 Å². The van der Waals surface area contributed by atoms with E-state index in [-0.39, 0.29) is 29.0 Å². The predicted octanol–water partition coefficient (Wildman–Crippen LogP) is 5.15. The van der Waals surface area contributed by atoms with Crippen molar-refractivity contribution in [3.8, 4) is 23.0 Å². The van der Waals surface area contributed by atoms with Gasteiger partial charge in [-0.1, -0.05) is 39.5 Å². The van der Waals surface area contributed by atoms with Crippen LogP contribution in [0.1, 0.15) is 47.5 Å². The summed E-state index contributed by atoms with van der Waals surface area (Å²) in [6.45, 7) is 12.4. The van der Waals surface area contributed by atoms with Gasteiger partial charge in [-0.2, -0.15) is 0 Å². The molecule has 0 bridgehead atoms. The van der Waals surface area contributed by atoms with Crippen molar-refractivity contribution in [3.05, 3.63) is 42.7 Å². The monoisotopic (exact) mass is 553 g/mol. The summed E-state index contributed by atoms with van der Waals surface area (Å²) in [5, 5.41) is 9.32. The number of piperazine rings is 1. The second-order valence-electron chi connectivity index (χ2n) is 11.5. The van der Waals surface area contributed by atoms with Gasteiger partial charge in [0.15, 0.2) is 10.9 Å². The molecule has 4 rings (SSSR count). The summed E-state index contributed by atoms with van der Waals surface area (Å²) in [6.07, 6.45) is 3.14. The van der Waals surface area contributed by atoms with Gasteiger partial charge in [0.25, 0.3) is 0 Å². The SMILES string of the molecule is COc1ccc(-n2c(SCC(=O)N3CCN(C(=O)CC(C)CC(C)(C)C)C(C)C3)nnc2-c2ccco2)cc1. The Balaban J connectivity index is 1.39. The number of hydrogen-bond acceptors (Lipinski definition) is 7. The number of methoxy groups -OCH3 is 1. The van der Waals surface area contributed by atoms with Gasteiger partial charge in [-0.3, -0.25) is 14.2 Å². The summed E-state index contributed by atoms with van der Waals surface area (Å²) in [4.78, 5) is 30.0. The molecule has 0 spiro atoms. The molecule has 0 aliphatic carbocycles. The molecule has 0 saturated carbocycles. The average molecular weight is 554 g/mol. The highest BCUT2D eigenvalue weighted by molar-refractivity contribution is 7.99. The molecule has 1 aromatic carbocycles. The number of thioether (sulfide) groups is 1. The molecule has 3 aromatic rings. The van der Waals surface area contributed by atoms with Crippen molar-refractivity contribution in [1.82, 2.24) is 24.6 Å². The standard InChI is InChI=1S/C29H39N5O4S/c1-20(17-29(3,4)5)16-25(35)33-14-13-32(18-21(33)2)26(36)19-39-28-31-30-27(24-8-7-15-38-24)34(28)22-9-11-23(37-6)12-10-22/h7-12,15,20-21H,13-14,16-19H2,1-6H3. The number of carbonyl (C=O) groups excluding carboxylic acids is 2. The third-order valence-electron chi connectivity index (χ3n) is 6.81. The number of amides is 2. The first-order chi connectivity index (χ1) is 18.6. The van der Waals surface area contributed by atoms with Gasteiger partial charge in [-0.25, -0.2) is 0 Å². The lowest BCUT2D eigenvalue weighted by atomic mass is 9.84. The molecule has 1 fully saturated rings. The van der Waals surface area contributed by atoms with E-state index in [2.05, 4.69) is 37.9 Å². The summed E-state index contributed by atoms with van der Waals surface area (Å²) in [5.41, 5.74) is 1.04. The van der Waals surface area contributed by atoms with Gasteiger partial charge >= 0.3 is 0 Å². The van der Waals surface area contributed by atoms with E-state index in [9.17, 15) is 9.59 Å². The first-order valence-electron chi connectivity index (χ1n) is 13.4. The van der Waals surface area contributed by atoms with Gasteiger partial charge in [0, 0.05) is 32.1 Å². The highest BCUT2D eigenvalue weighted by atomic mass is 32.2.